The summed E-state index contributed by atoms with van der Waals surface area (Å²) in [5.41, 5.74) is 16.7. The molecular weight excluding hydrogens is 721 g/mol. The molecular formula is C55H36N2S. The van der Waals surface area contributed by atoms with Crippen molar-refractivity contribution in [1.29, 1.82) is 0 Å². The molecule has 1 aliphatic rings. The van der Waals surface area contributed by atoms with Gasteiger partial charge in [-0.1, -0.05) is 184 Å². The fourth-order valence-corrected chi connectivity index (χ4v) is 11.0. The van der Waals surface area contributed by atoms with Crippen molar-refractivity contribution in [1.82, 2.24) is 9.97 Å². The Kier molecular flexibility index (Phi) is 7.18. The van der Waals surface area contributed by atoms with Crippen LogP contribution in [0, 0.1) is 0 Å². The zero-order chi connectivity index (χ0) is 38.5. The minimum absolute atomic E-state index is 0.0327. The molecule has 3 heteroatoms. The van der Waals surface area contributed by atoms with Gasteiger partial charge in [0.25, 0.3) is 0 Å². The molecule has 9 aromatic carbocycles. The summed E-state index contributed by atoms with van der Waals surface area (Å²) in [6, 6.07) is 64.3. The van der Waals surface area contributed by atoms with Crippen molar-refractivity contribution >= 4 is 64.1 Å². The van der Waals surface area contributed by atoms with Crippen molar-refractivity contribution in [2.45, 2.75) is 19.3 Å². The first-order chi connectivity index (χ1) is 28.5. The van der Waals surface area contributed by atoms with Crippen LogP contribution in [0.4, 0.5) is 0 Å². The van der Waals surface area contributed by atoms with Crippen LogP contribution in [-0.2, 0) is 5.41 Å². The van der Waals surface area contributed by atoms with Crippen LogP contribution in [-0.4, -0.2) is 9.97 Å². The molecule has 0 aliphatic heterocycles. The second-order valence-electron chi connectivity index (χ2n) is 16.1. The number of fused-ring (bicyclic) bond motifs is 12. The SMILES string of the molecule is CC1(C)c2ccccc2-c2ccc(-c3cccc4c3sc3c(-c5ccc(-c6ccc(-c7cnc8c9ccccc9c9ccccc9c8n7)cc6)cc5)cccc34)cc21. The van der Waals surface area contributed by atoms with Crippen molar-refractivity contribution in [3.8, 4) is 55.8 Å². The van der Waals surface area contributed by atoms with Gasteiger partial charge in [0.15, 0.2) is 0 Å². The summed E-state index contributed by atoms with van der Waals surface area (Å²) in [5, 5.41) is 7.30. The van der Waals surface area contributed by atoms with Gasteiger partial charge in [-0.15, -0.1) is 11.3 Å². The highest BCUT2D eigenvalue weighted by molar-refractivity contribution is 7.26. The molecule has 0 bridgehead atoms. The molecule has 0 atom stereocenters. The number of benzene rings is 9. The molecule has 58 heavy (non-hydrogen) atoms. The van der Waals surface area contributed by atoms with Gasteiger partial charge in [-0.2, -0.15) is 0 Å². The summed E-state index contributed by atoms with van der Waals surface area (Å²) >= 11 is 1.92. The molecule has 0 unspecified atom stereocenters. The smallest absolute Gasteiger partial charge is 0.0979 e. The molecule has 0 spiro atoms. The van der Waals surface area contributed by atoms with Crippen molar-refractivity contribution in [2.75, 3.05) is 0 Å². The van der Waals surface area contributed by atoms with E-state index in [0.717, 1.165) is 33.1 Å². The molecule has 0 N–H and O–H groups in total. The maximum Gasteiger partial charge on any atom is 0.0979 e. The largest absolute Gasteiger partial charge is 0.252 e. The van der Waals surface area contributed by atoms with Crippen LogP contribution in [0.25, 0.3) is 109 Å². The molecule has 1 aliphatic carbocycles. The summed E-state index contributed by atoms with van der Waals surface area (Å²) in [6.45, 7) is 4.72. The first-order valence-corrected chi connectivity index (χ1v) is 20.8. The first kappa shape index (κ1) is 33.2. The standard InChI is InChI=1S/C55H36N2S/c1-55(2)48-20-8-7-13-42(48)43-30-29-37(31-49(43)55)39-17-10-19-47-46-18-9-16-38(53(46)58-54(39)47)35-25-21-33(22-26-35)34-23-27-36(28-24-34)50-32-56-51-44-14-5-3-11-40(44)41-12-4-6-15-45(41)52(51)57-50/h3-32H,1-2H3. The van der Waals surface area contributed by atoms with E-state index in [1.165, 1.54) is 86.6 Å². The Labute approximate surface area is 340 Å². The molecule has 0 saturated heterocycles. The van der Waals surface area contributed by atoms with Gasteiger partial charge in [-0.3, -0.25) is 4.98 Å². The quantitative estimate of drug-likeness (QED) is 0.167. The Morgan fingerprint density at radius 2 is 0.862 bits per heavy atom. The summed E-state index contributed by atoms with van der Waals surface area (Å²) < 4.78 is 2.67. The number of rotatable bonds is 4. The average Bonchev–Trinajstić information content (AvgIpc) is 3.78. The lowest BCUT2D eigenvalue weighted by Crippen LogP contribution is -2.14. The lowest BCUT2D eigenvalue weighted by Gasteiger charge is -2.22. The zero-order valence-electron chi connectivity index (χ0n) is 32.1. The topological polar surface area (TPSA) is 25.8 Å². The first-order valence-electron chi connectivity index (χ1n) is 20.0. The third-order valence-electron chi connectivity index (χ3n) is 12.6. The summed E-state index contributed by atoms with van der Waals surface area (Å²) in [6.07, 6.45) is 1.91. The molecule has 12 rings (SSSR count). The second-order valence-corrected chi connectivity index (χ2v) is 17.1. The van der Waals surface area contributed by atoms with Crippen molar-refractivity contribution in [3.05, 3.63) is 193 Å². The van der Waals surface area contributed by atoms with Gasteiger partial charge < -0.3 is 0 Å². The van der Waals surface area contributed by atoms with Gasteiger partial charge in [0.05, 0.1) is 22.9 Å². The monoisotopic (exact) mass is 756 g/mol. The van der Waals surface area contributed by atoms with Crippen LogP contribution in [0.1, 0.15) is 25.0 Å². The lowest BCUT2D eigenvalue weighted by atomic mass is 9.81. The van der Waals surface area contributed by atoms with E-state index in [9.17, 15) is 0 Å². The van der Waals surface area contributed by atoms with Crippen LogP contribution in [0.2, 0.25) is 0 Å². The molecule has 2 aromatic heterocycles. The fourth-order valence-electron chi connectivity index (χ4n) is 9.58. The number of thiophene rings is 1. The predicted octanol–water partition coefficient (Wildman–Crippen LogP) is 15.3. The van der Waals surface area contributed by atoms with Crippen molar-refractivity contribution in [2.24, 2.45) is 0 Å². The average molecular weight is 757 g/mol. The minimum Gasteiger partial charge on any atom is -0.252 e. The van der Waals surface area contributed by atoms with E-state index < -0.39 is 0 Å². The number of hydrogen-bond donors (Lipinski definition) is 0. The number of hydrogen-bond acceptors (Lipinski definition) is 3. The van der Waals surface area contributed by atoms with Gasteiger partial charge in [-0.25, -0.2) is 4.98 Å². The van der Waals surface area contributed by atoms with Crippen LogP contribution < -0.4 is 0 Å². The third kappa shape index (κ3) is 4.90. The summed E-state index contributed by atoms with van der Waals surface area (Å²) in [5.74, 6) is 0. The van der Waals surface area contributed by atoms with Crippen LogP contribution in [0.3, 0.4) is 0 Å². The van der Waals surface area contributed by atoms with Crippen molar-refractivity contribution in [3.63, 3.8) is 0 Å². The molecule has 11 aromatic rings. The number of nitrogens with zero attached hydrogens (tertiary/aromatic N) is 2. The van der Waals surface area contributed by atoms with E-state index in [0.29, 0.717) is 0 Å². The predicted molar refractivity (Wildman–Crippen MR) is 247 cm³/mol. The lowest BCUT2D eigenvalue weighted by molar-refractivity contribution is 0.660. The van der Waals surface area contributed by atoms with Crippen LogP contribution >= 0.6 is 11.3 Å². The van der Waals surface area contributed by atoms with E-state index in [2.05, 4.69) is 190 Å². The van der Waals surface area contributed by atoms with Crippen LogP contribution in [0.15, 0.2) is 182 Å². The van der Waals surface area contributed by atoms with E-state index in [-0.39, 0.29) is 5.41 Å². The van der Waals surface area contributed by atoms with Gasteiger partial charge >= 0.3 is 0 Å². The maximum atomic E-state index is 5.20. The molecule has 0 fully saturated rings. The van der Waals surface area contributed by atoms with E-state index in [1.54, 1.807) is 0 Å². The fraction of sp³-hybridized carbons (Fsp3) is 0.0545. The second kappa shape index (κ2) is 12.5. The molecule has 272 valence electrons. The van der Waals surface area contributed by atoms with E-state index >= 15 is 0 Å². The molecule has 2 heterocycles. The molecule has 2 nitrogen and oxygen atoms in total. The van der Waals surface area contributed by atoms with Crippen LogP contribution in [0.5, 0.6) is 0 Å². The van der Waals surface area contributed by atoms with Gasteiger partial charge in [-0.05, 0) is 72.5 Å². The Morgan fingerprint density at radius 3 is 1.53 bits per heavy atom. The third-order valence-corrected chi connectivity index (χ3v) is 13.8. The van der Waals surface area contributed by atoms with Crippen molar-refractivity contribution < 1.29 is 0 Å². The maximum absolute atomic E-state index is 5.20. The molecule has 0 amide bonds. The Balaban J connectivity index is 0.873. The molecule has 0 saturated carbocycles. The van der Waals surface area contributed by atoms with Gasteiger partial charge in [0, 0.05) is 41.9 Å². The molecule has 0 radical (unpaired) electrons. The summed E-state index contributed by atoms with van der Waals surface area (Å²) in [7, 11) is 0. The Bertz CT molecular complexity index is 3430. The Morgan fingerprint density at radius 1 is 0.379 bits per heavy atom. The van der Waals surface area contributed by atoms with E-state index in [4.69, 9.17) is 9.97 Å². The highest BCUT2D eigenvalue weighted by atomic mass is 32.1. The minimum atomic E-state index is -0.0327. The van der Waals surface area contributed by atoms with Gasteiger partial charge in [0.2, 0.25) is 0 Å². The summed E-state index contributed by atoms with van der Waals surface area (Å²) in [4.78, 5) is 10.2. The normalized spacial score (nSPS) is 13.1. The Hall–Kier alpha value is -6.94. The zero-order valence-corrected chi connectivity index (χ0v) is 32.9. The van der Waals surface area contributed by atoms with Gasteiger partial charge in [0.1, 0.15) is 0 Å². The number of aromatic nitrogens is 2. The highest BCUT2D eigenvalue weighted by Gasteiger charge is 2.35. The van der Waals surface area contributed by atoms with E-state index in [1.807, 2.05) is 17.5 Å². The highest BCUT2D eigenvalue weighted by Crippen LogP contribution is 2.51.